The number of aryl methyl sites for hydroxylation is 1. The number of fused-ring (bicyclic) bond motifs is 1. The molecule has 1 saturated heterocycles. The fourth-order valence-electron chi connectivity index (χ4n) is 5.30. The molecule has 1 aromatic carbocycles. The Bertz CT molecular complexity index is 1520. The van der Waals surface area contributed by atoms with Gasteiger partial charge in [0, 0.05) is 88.0 Å². The highest BCUT2D eigenvalue weighted by Gasteiger charge is 2.31. The van der Waals surface area contributed by atoms with E-state index >= 15 is 4.39 Å². The van der Waals surface area contributed by atoms with Gasteiger partial charge in [0.1, 0.15) is 11.8 Å². The molecular formula is C29H33FN6O2. The number of amides is 1. The molecule has 5 rings (SSSR count). The van der Waals surface area contributed by atoms with Crippen LogP contribution in [0.1, 0.15) is 34.0 Å². The summed E-state index contributed by atoms with van der Waals surface area (Å²) in [6, 6.07) is 14.6. The third kappa shape index (κ3) is 4.81. The molecule has 2 atom stereocenters. The van der Waals surface area contributed by atoms with Gasteiger partial charge in [0.2, 0.25) is 0 Å². The molecule has 1 N–H and O–H groups in total. The second kappa shape index (κ2) is 10.4. The van der Waals surface area contributed by atoms with E-state index in [4.69, 9.17) is 0 Å². The van der Waals surface area contributed by atoms with E-state index in [9.17, 15) is 9.59 Å². The van der Waals surface area contributed by atoms with Crippen molar-refractivity contribution < 1.29 is 9.18 Å². The lowest BCUT2D eigenvalue weighted by atomic mass is 9.87. The summed E-state index contributed by atoms with van der Waals surface area (Å²) in [7, 11) is 7.18. The molecule has 0 unspecified atom stereocenters. The zero-order valence-electron chi connectivity index (χ0n) is 22.2. The first kappa shape index (κ1) is 25.7. The molecule has 1 fully saturated rings. The van der Waals surface area contributed by atoms with Gasteiger partial charge in [0.15, 0.2) is 0 Å². The Labute approximate surface area is 221 Å². The van der Waals surface area contributed by atoms with E-state index in [1.807, 2.05) is 35.9 Å². The maximum atomic E-state index is 15.4. The Hall–Kier alpha value is -3.98. The minimum atomic E-state index is -1.01. The lowest BCUT2D eigenvalue weighted by Gasteiger charge is -2.35. The van der Waals surface area contributed by atoms with Gasteiger partial charge in [0.25, 0.3) is 11.5 Å². The molecule has 8 nitrogen and oxygen atoms in total. The Morgan fingerprint density at radius 1 is 1.16 bits per heavy atom. The zero-order valence-corrected chi connectivity index (χ0v) is 22.2. The summed E-state index contributed by atoms with van der Waals surface area (Å²) < 4.78 is 19.0. The van der Waals surface area contributed by atoms with Crippen LogP contribution in [-0.4, -0.2) is 70.2 Å². The Balaban J connectivity index is 1.33. The molecule has 9 heteroatoms. The summed E-state index contributed by atoms with van der Waals surface area (Å²) in [5.41, 5.74) is 4.72. The van der Waals surface area contributed by atoms with E-state index < -0.39 is 6.17 Å². The maximum Gasteiger partial charge on any atom is 0.257 e. The molecule has 1 aliphatic heterocycles. The van der Waals surface area contributed by atoms with E-state index in [2.05, 4.69) is 21.3 Å². The number of nitrogens with zero attached hydrogens (tertiary/aromatic N) is 5. The van der Waals surface area contributed by atoms with Gasteiger partial charge in [-0.05, 0) is 48.9 Å². The largest absolute Gasteiger partial charge is 0.388 e. The zero-order chi connectivity index (χ0) is 27.0. The number of piperidine rings is 1. The summed E-state index contributed by atoms with van der Waals surface area (Å²) in [5.74, 6) is -0.251. The number of hydrogen-bond donors (Lipinski definition) is 1. The van der Waals surface area contributed by atoms with Crippen LogP contribution in [0.4, 0.5) is 10.1 Å². The summed E-state index contributed by atoms with van der Waals surface area (Å²) in [6.45, 7) is 1.68. The molecule has 4 aromatic rings. The van der Waals surface area contributed by atoms with Crippen molar-refractivity contribution in [3.05, 3.63) is 88.1 Å². The van der Waals surface area contributed by atoms with Gasteiger partial charge in [-0.3, -0.25) is 19.1 Å². The molecule has 1 aliphatic rings. The minimum Gasteiger partial charge on any atom is -0.388 e. The van der Waals surface area contributed by atoms with Crippen LogP contribution in [0.15, 0.2) is 65.7 Å². The Morgan fingerprint density at radius 2 is 1.92 bits per heavy atom. The van der Waals surface area contributed by atoms with Gasteiger partial charge >= 0.3 is 0 Å². The molecule has 3 aromatic heterocycles. The second-order valence-corrected chi connectivity index (χ2v) is 10.1. The van der Waals surface area contributed by atoms with Crippen molar-refractivity contribution in [3.63, 3.8) is 0 Å². The summed E-state index contributed by atoms with van der Waals surface area (Å²) in [4.78, 5) is 33.1. The monoisotopic (exact) mass is 516 g/mol. The van der Waals surface area contributed by atoms with E-state index in [-0.39, 0.29) is 17.4 Å². The van der Waals surface area contributed by atoms with Crippen LogP contribution in [-0.2, 0) is 13.6 Å². The van der Waals surface area contributed by atoms with Crippen molar-refractivity contribution in [2.75, 3.05) is 39.5 Å². The number of carbonyl (C=O) groups is 1. The Morgan fingerprint density at radius 3 is 2.58 bits per heavy atom. The van der Waals surface area contributed by atoms with Crippen LogP contribution in [0, 0.1) is 0 Å². The molecule has 0 radical (unpaired) electrons. The van der Waals surface area contributed by atoms with E-state index in [1.165, 1.54) is 4.90 Å². The highest BCUT2D eigenvalue weighted by molar-refractivity contribution is 5.93. The van der Waals surface area contributed by atoms with Crippen LogP contribution >= 0.6 is 0 Å². The van der Waals surface area contributed by atoms with Gasteiger partial charge in [-0.1, -0.05) is 12.1 Å². The van der Waals surface area contributed by atoms with Gasteiger partial charge in [-0.25, -0.2) is 9.37 Å². The number of hydrogen-bond acceptors (Lipinski definition) is 5. The van der Waals surface area contributed by atoms with E-state index in [0.29, 0.717) is 25.1 Å². The number of rotatable bonds is 6. The highest BCUT2D eigenvalue weighted by Crippen LogP contribution is 2.32. The number of halogens is 1. The van der Waals surface area contributed by atoms with Gasteiger partial charge < -0.3 is 14.8 Å². The van der Waals surface area contributed by atoms with Crippen molar-refractivity contribution in [1.82, 2.24) is 23.9 Å². The fraction of sp³-hybridized carbons (Fsp3) is 0.345. The summed E-state index contributed by atoms with van der Waals surface area (Å²) >= 11 is 0. The van der Waals surface area contributed by atoms with Crippen molar-refractivity contribution in [2.45, 2.75) is 25.1 Å². The minimum absolute atomic E-state index is 0.0596. The fourth-order valence-corrected chi connectivity index (χ4v) is 5.30. The van der Waals surface area contributed by atoms with E-state index in [1.54, 1.807) is 56.3 Å². The van der Waals surface area contributed by atoms with Crippen LogP contribution in [0.2, 0.25) is 0 Å². The molecule has 0 saturated carbocycles. The third-order valence-electron chi connectivity index (χ3n) is 7.48. The average molecular weight is 517 g/mol. The maximum absolute atomic E-state index is 15.4. The standard InChI is InChI=1S/C29H33FN6O2/c1-31-21-10-14-36(27(37)15-21)26-9-12-32-28-24(26)16-22(34(28)4)17-35-13-11-23(25(30)18-35)19-5-7-20(8-6-19)29(38)33(2)3/h5-10,12,14-16,23,25,31H,11,13,17-18H2,1-4H3/t23-,25+/m0/s1. The normalized spacial score (nSPS) is 18.0. The predicted molar refractivity (Wildman–Crippen MR) is 148 cm³/mol. The number of pyridine rings is 2. The summed E-state index contributed by atoms with van der Waals surface area (Å²) in [5, 5.41) is 3.87. The molecule has 198 valence electrons. The molecule has 0 bridgehead atoms. The molecule has 0 aliphatic carbocycles. The van der Waals surface area contributed by atoms with Crippen molar-refractivity contribution >= 4 is 22.6 Å². The Kier molecular flexibility index (Phi) is 7.03. The van der Waals surface area contributed by atoms with Crippen LogP contribution in [0.25, 0.3) is 16.7 Å². The third-order valence-corrected chi connectivity index (χ3v) is 7.48. The number of alkyl halides is 1. The van der Waals surface area contributed by atoms with Crippen molar-refractivity contribution in [2.24, 2.45) is 7.05 Å². The predicted octanol–water partition coefficient (Wildman–Crippen LogP) is 3.80. The number of carbonyl (C=O) groups excluding carboxylic acids is 1. The van der Waals surface area contributed by atoms with Crippen molar-refractivity contribution in [3.8, 4) is 5.69 Å². The first-order valence-electron chi connectivity index (χ1n) is 12.8. The number of benzene rings is 1. The first-order valence-corrected chi connectivity index (χ1v) is 12.8. The SMILES string of the molecule is CNc1ccn(-c2ccnc3c2cc(CN2CC[C@@H](c4ccc(C(=O)N(C)C)cc4)[C@H](F)C2)n3C)c(=O)c1. The van der Waals surface area contributed by atoms with Crippen LogP contribution in [0.3, 0.4) is 0 Å². The first-order chi connectivity index (χ1) is 18.3. The number of likely N-dealkylation sites (tertiary alicyclic amines) is 1. The molecule has 1 amide bonds. The van der Waals surface area contributed by atoms with Gasteiger partial charge in [-0.15, -0.1) is 0 Å². The number of aromatic nitrogens is 3. The molecule has 0 spiro atoms. The van der Waals surface area contributed by atoms with Crippen LogP contribution in [0.5, 0.6) is 0 Å². The smallest absolute Gasteiger partial charge is 0.257 e. The highest BCUT2D eigenvalue weighted by atomic mass is 19.1. The van der Waals surface area contributed by atoms with Gasteiger partial charge in [0.05, 0.1) is 5.69 Å². The average Bonchev–Trinajstić information content (AvgIpc) is 3.23. The lowest BCUT2D eigenvalue weighted by molar-refractivity contribution is 0.0827. The number of anilines is 1. The molecular weight excluding hydrogens is 483 g/mol. The molecule has 4 heterocycles. The second-order valence-electron chi connectivity index (χ2n) is 10.1. The van der Waals surface area contributed by atoms with Crippen LogP contribution < -0.4 is 10.9 Å². The quantitative estimate of drug-likeness (QED) is 0.422. The van der Waals surface area contributed by atoms with Crippen molar-refractivity contribution in [1.29, 1.82) is 0 Å². The topological polar surface area (TPSA) is 75.4 Å². The molecule has 38 heavy (non-hydrogen) atoms. The summed E-state index contributed by atoms with van der Waals surface area (Å²) in [6.07, 6.45) is 3.16. The number of nitrogens with one attached hydrogen (secondary N) is 1. The van der Waals surface area contributed by atoms with E-state index in [0.717, 1.165) is 40.2 Å². The lowest BCUT2D eigenvalue weighted by Crippen LogP contribution is -2.40. The van der Waals surface area contributed by atoms with Gasteiger partial charge in [-0.2, -0.15) is 0 Å².